The third-order valence-electron chi connectivity index (χ3n) is 10.5. The van der Waals surface area contributed by atoms with Gasteiger partial charge in [0.15, 0.2) is 5.78 Å². The summed E-state index contributed by atoms with van der Waals surface area (Å²) in [7, 11) is 0. The van der Waals surface area contributed by atoms with Crippen LogP contribution >= 0.6 is 0 Å². The Kier molecular flexibility index (Phi) is 26.4. The van der Waals surface area contributed by atoms with Crippen molar-refractivity contribution in [1.29, 1.82) is 0 Å². The lowest BCUT2D eigenvalue weighted by Crippen LogP contribution is -2.59. The highest BCUT2D eigenvalue weighted by Gasteiger charge is 2.36. The Balaban J connectivity index is 3.09. The summed E-state index contributed by atoms with van der Waals surface area (Å²) in [5.41, 5.74) is 10.8. The molecule has 1 heterocycles. The van der Waals surface area contributed by atoms with Crippen molar-refractivity contribution in [3.63, 3.8) is 0 Å². The van der Waals surface area contributed by atoms with Crippen LogP contribution in [0.15, 0.2) is 4.99 Å². The average molecular weight is 867 g/mol. The average Bonchev–Trinajstić information content (AvgIpc) is 3.18. The molecule has 0 aromatic carbocycles. The van der Waals surface area contributed by atoms with Gasteiger partial charge in [-0.15, -0.1) is 0 Å². The third kappa shape index (κ3) is 22.7. The van der Waals surface area contributed by atoms with Crippen molar-refractivity contribution in [3.8, 4) is 0 Å². The number of carbonyl (C=O) groups is 8. The molecule has 0 aromatic rings. The van der Waals surface area contributed by atoms with E-state index >= 15 is 0 Å². The van der Waals surface area contributed by atoms with Crippen LogP contribution in [0.5, 0.6) is 0 Å². The van der Waals surface area contributed by atoms with Gasteiger partial charge in [0, 0.05) is 25.3 Å². The van der Waals surface area contributed by atoms with Crippen LogP contribution in [0, 0.1) is 17.8 Å². The van der Waals surface area contributed by atoms with E-state index in [1.54, 1.807) is 34.6 Å². The van der Waals surface area contributed by atoms with Crippen molar-refractivity contribution in [1.82, 2.24) is 26.6 Å². The highest BCUT2D eigenvalue weighted by Crippen LogP contribution is 2.19. The molecule has 19 heteroatoms. The van der Waals surface area contributed by atoms with Gasteiger partial charge in [-0.1, -0.05) is 85.5 Å². The second-order valence-electron chi connectivity index (χ2n) is 16.7. The molecule has 1 aliphatic rings. The molecule has 11 N–H and O–H groups in total. The Labute approximate surface area is 360 Å². The lowest BCUT2D eigenvalue weighted by Gasteiger charge is -2.28. The number of nitrogens with one attached hydrogen (secondary N) is 5. The summed E-state index contributed by atoms with van der Waals surface area (Å²) in [5, 5.41) is 33.0. The van der Waals surface area contributed by atoms with Gasteiger partial charge in [-0.05, 0) is 44.9 Å². The zero-order valence-corrected chi connectivity index (χ0v) is 37.1. The first-order chi connectivity index (χ1) is 28.8. The monoisotopic (exact) mass is 867 g/mol. The van der Waals surface area contributed by atoms with E-state index in [1.165, 1.54) is 19.8 Å². The van der Waals surface area contributed by atoms with Crippen molar-refractivity contribution in [3.05, 3.63) is 0 Å². The number of rotatable bonds is 22. The Morgan fingerprint density at radius 2 is 1.34 bits per heavy atom. The molecule has 1 aliphatic heterocycles. The number of ketones is 1. The fourth-order valence-corrected chi connectivity index (χ4v) is 6.68. The summed E-state index contributed by atoms with van der Waals surface area (Å²) in [4.78, 5) is 109. The van der Waals surface area contributed by atoms with Crippen LogP contribution in [0.3, 0.4) is 0 Å². The molecule has 0 saturated carbocycles. The zero-order chi connectivity index (χ0) is 46.1. The molecule has 19 nitrogen and oxygen atoms in total. The minimum atomic E-state index is -1.59. The van der Waals surface area contributed by atoms with Crippen LogP contribution in [0.4, 0.5) is 0 Å². The second-order valence-corrected chi connectivity index (χ2v) is 16.7. The van der Waals surface area contributed by atoms with Gasteiger partial charge in [0.1, 0.15) is 36.8 Å². The molecular weight excluding hydrogens is 793 g/mol. The van der Waals surface area contributed by atoms with Gasteiger partial charge in [0.25, 0.3) is 0 Å². The number of amidine groups is 1. The summed E-state index contributed by atoms with van der Waals surface area (Å²) in [6.07, 6.45) is 8.44. The molecule has 0 aliphatic carbocycles. The molecule has 348 valence electrons. The highest BCUT2D eigenvalue weighted by atomic mass is 16.5. The molecule has 0 aromatic heterocycles. The van der Waals surface area contributed by atoms with Crippen LogP contribution in [-0.4, -0.2) is 119 Å². The molecule has 0 bridgehead atoms. The quantitative estimate of drug-likeness (QED) is 0.0312. The van der Waals surface area contributed by atoms with E-state index in [2.05, 4.69) is 31.6 Å². The van der Waals surface area contributed by atoms with Gasteiger partial charge in [0.05, 0.1) is 25.0 Å². The molecule has 0 spiro atoms. The number of nitrogens with zero attached hydrogens (tertiary/aromatic N) is 1. The van der Waals surface area contributed by atoms with Crippen LogP contribution in [0.25, 0.3) is 0 Å². The first-order valence-electron chi connectivity index (χ1n) is 21.8. The van der Waals surface area contributed by atoms with Crippen LogP contribution in [0.1, 0.15) is 138 Å². The van der Waals surface area contributed by atoms with E-state index in [4.69, 9.17) is 16.2 Å². The van der Waals surface area contributed by atoms with Crippen molar-refractivity contribution in [2.45, 2.75) is 174 Å². The number of carbonyl (C=O) groups excluding carboxylic acids is 8. The van der Waals surface area contributed by atoms with Crippen LogP contribution < -0.4 is 38.1 Å². The summed E-state index contributed by atoms with van der Waals surface area (Å²) < 4.78 is 5.38. The van der Waals surface area contributed by atoms with E-state index in [9.17, 15) is 48.6 Å². The molecule has 7 atom stereocenters. The predicted molar refractivity (Wildman–Crippen MR) is 228 cm³/mol. The SMILES string of the molecule is CC(N)=NCCCCCCCCCCCCC(O)CC(=O)NC1COC(=O)C(C)NC(=O)C(CCC(N)=O)NC(=O)C(CO)NC(=O)C(C(C)C)NC(=O)C(C(C)C)CC1=O. The number of Topliss-reactive ketones (excluding diaryl/α,β-unsaturated/α-hetero) is 1. The largest absolute Gasteiger partial charge is 0.461 e. The number of aliphatic imine (C=N–C) groups is 1. The van der Waals surface area contributed by atoms with Gasteiger partial charge in [-0.3, -0.25) is 38.6 Å². The van der Waals surface area contributed by atoms with Crippen molar-refractivity contribution >= 4 is 53.0 Å². The fourth-order valence-electron chi connectivity index (χ4n) is 6.68. The number of hydrogen-bond acceptors (Lipinski definition) is 12. The molecule has 61 heavy (non-hydrogen) atoms. The highest BCUT2D eigenvalue weighted by molar-refractivity contribution is 5.97. The third-order valence-corrected chi connectivity index (χ3v) is 10.5. The van der Waals surface area contributed by atoms with Crippen molar-refractivity contribution in [2.24, 2.45) is 34.2 Å². The smallest absolute Gasteiger partial charge is 0.328 e. The standard InChI is InChI=1S/C42H74N8O11/c1-25(2)30-22-34(53)33(47-36(55)21-29(52)17-15-13-11-9-7-8-10-12-14-16-20-45-28(6)43)24-61-42(60)27(5)46-39(57)31(18-19-35(44)54)48-40(58)32(23-51)49-41(59)37(26(3)4)50-38(30)56/h25-27,29-33,37,51-52H,7-24H2,1-6H3,(H2,43,45)(H2,44,54)(H,46,57)(H,47,55)(H,48,58)(H,49,59)(H,50,56). The Morgan fingerprint density at radius 3 is 1.89 bits per heavy atom. The zero-order valence-electron chi connectivity index (χ0n) is 37.1. The maximum absolute atomic E-state index is 13.8. The molecular formula is C42H74N8O11. The number of primary amides is 1. The van der Waals surface area contributed by atoms with Gasteiger partial charge in [0.2, 0.25) is 35.4 Å². The maximum atomic E-state index is 13.8. The number of amides is 6. The van der Waals surface area contributed by atoms with E-state index in [1.807, 2.05) is 0 Å². The van der Waals surface area contributed by atoms with E-state index < -0.39 is 121 Å². The normalized spacial score (nSPS) is 23.5. The number of nitrogens with two attached hydrogens (primary N) is 2. The van der Waals surface area contributed by atoms with E-state index in [-0.39, 0.29) is 19.3 Å². The first-order valence-corrected chi connectivity index (χ1v) is 21.8. The number of cyclic esters (lactones) is 1. The van der Waals surface area contributed by atoms with E-state index in [0.717, 1.165) is 51.5 Å². The molecule has 7 unspecified atom stereocenters. The van der Waals surface area contributed by atoms with E-state index in [0.29, 0.717) is 18.7 Å². The minimum Gasteiger partial charge on any atom is -0.461 e. The van der Waals surface area contributed by atoms with Crippen LogP contribution in [0.2, 0.25) is 0 Å². The summed E-state index contributed by atoms with van der Waals surface area (Å²) in [5.74, 6) is -7.95. The molecule has 0 radical (unpaired) electrons. The van der Waals surface area contributed by atoms with Crippen molar-refractivity contribution < 1.29 is 53.3 Å². The Morgan fingerprint density at radius 1 is 0.787 bits per heavy atom. The molecule has 1 saturated heterocycles. The summed E-state index contributed by atoms with van der Waals surface area (Å²) in [6, 6.07) is -7.06. The summed E-state index contributed by atoms with van der Waals surface area (Å²) >= 11 is 0. The molecule has 1 rings (SSSR count). The van der Waals surface area contributed by atoms with Gasteiger partial charge in [-0.25, -0.2) is 4.79 Å². The van der Waals surface area contributed by atoms with Gasteiger partial charge < -0.3 is 53.0 Å². The molecule has 6 amide bonds. The number of unbranched alkanes of at least 4 members (excludes halogenated alkanes) is 9. The Bertz CT molecular complexity index is 1470. The van der Waals surface area contributed by atoms with Gasteiger partial charge >= 0.3 is 5.97 Å². The Hall–Kier alpha value is -4.65. The van der Waals surface area contributed by atoms with Gasteiger partial charge in [-0.2, -0.15) is 0 Å². The first kappa shape index (κ1) is 54.4. The number of aliphatic hydroxyl groups is 2. The number of ether oxygens (including phenoxy) is 1. The number of aliphatic hydroxyl groups excluding tert-OH is 2. The lowest BCUT2D eigenvalue weighted by atomic mass is 9.87. The number of esters is 1. The van der Waals surface area contributed by atoms with Crippen LogP contribution in [-0.2, 0) is 43.1 Å². The minimum absolute atomic E-state index is 0.301. The molecule has 1 fully saturated rings. The predicted octanol–water partition coefficient (Wildman–Crippen LogP) is 0.552. The van der Waals surface area contributed by atoms with Crippen molar-refractivity contribution in [2.75, 3.05) is 19.8 Å². The summed E-state index contributed by atoms with van der Waals surface area (Å²) in [6.45, 7) is 8.91. The number of hydrogen-bond donors (Lipinski definition) is 9. The second kappa shape index (κ2) is 29.6. The maximum Gasteiger partial charge on any atom is 0.328 e. The lowest BCUT2D eigenvalue weighted by molar-refractivity contribution is -0.150. The topological polar surface area (TPSA) is 311 Å². The fraction of sp³-hybridized carbons (Fsp3) is 0.786.